The van der Waals surface area contributed by atoms with Gasteiger partial charge < -0.3 is 20.4 Å². The van der Waals surface area contributed by atoms with Crippen LogP contribution in [0.2, 0.25) is 0 Å². The zero-order chi connectivity index (χ0) is 27.5. The number of fused-ring (bicyclic) bond motifs is 2. The molecule has 1 amide bonds. The molecule has 4 aromatic rings. The molecule has 204 valence electrons. The molecule has 1 aromatic carbocycles. The Kier molecular flexibility index (Phi) is 7.79. The molecule has 39 heavy (non-hydrogen) atoms. The number of anilines is 3. The van der Waals surface area contributed by atoms with Crippen LogP contribution in [0, 0.1) is 5.82 Å². The molecule has 0 atom stereocenters. The highest BCUT2D eigenvalue weighted by atomic mass is 19.1. The van der Waals surface area contributed by atoms with Gasteiger partial charge in [0.1, 0.15) is 17.3 Å². The normalized spacial score (nSPS) is 14.8. The average molecular weight is 530 g/mol. The first kappa shape index (κ1) is 26.6. The number of benzene rings is 1. The number of pyridine rings is 2. The van der Waals surface area contributed by atoms with Crippen LogP contribution in [-0.4, -0.2) is 58.4 Å². The van der Waals surface area contributed by atoms with Gasteiger partial charge in [-0.25, -0.2) is 14.4 Å². The van der Waals surface area contributed by atoms with Gasteiger partial charge in [-0.1, -0.05) is 6.07 Å². The summed E-state index contributed by atoms with van der Waals surface area (Å²) in [5, 5.41) is 6.25. The minimum absolute atomic E-state index is 0.126. The molecule has 9 heteroatoms. The van der Waals surface area contributed by atoms with Crippen LogP contribution in [0.1, 0.15) is 49.0 Å². The quantitative estimate of drug-likeness (QED) is 0.357. The van der Waals surface area contributed by atoms with Crippen molar-refractivity contribution >= 4 is 28.7 Å². The second-order valence-corrected chi connectivity index (χ2v) is 10.5. The van der Waals surface area contributed by atoms with E-state index < -0.39 is 0 Å². The Morgan fingerprint density at radius 1 is 1.03 bits per heavy atom. The van der Waals surface area contributed by atoms with Crippen LogP contribution >= 0.6 is 0 Å². The van der Waals surface area contributed by atoms with Gasteiger partial charge >= 0.3 is 0 Å². The van der Waals surface area contributed by atoms with E-state index >= 15 is 0 Å². The number of amides is 1. The summed E-state index contributed by atoms with van der Waals surface area (Å²) in [7, 11) is 4.15. The molecule has 0 bridgehead atoms. The number of nitrogens with one attached hydrogen (secondary N) is 2. The molecule has 0 spiro atoms. The lowest BCUT2D eigenvalue weighted by atomic mass is 9.99. The highest BCUT2D eigenvalue weighted by Crippen LogP contribution is 2.35. The van der Waals surface area contributed by atoms with E-state index in [1.807, 2.05) is 28.8 Å². The summed E-state index contributed by atoms with van der Waals surface area (Å²) in [5.41, 5.74) is 5.56. The Bertz CT molecular complexity index is 1450. The summed E-state index contributed by atoms with van der Waals surface area (Å²) in [5.74, 6) is 0.231. The number of rotatable bonds is 5. The molecule has 0 saturated carbocycles. The third-order valence-corrected chi connectivity index (χ3v) is 7.48. The van der Waals surface area contributed by atoms with E-state index in [0.29, 0.717) is 35.3 Å². The van der Waals surface area contributed by atoms with E-state index in [1.165, 1.54) is 31.4 Å². The second kappa shape index (κ2) is 11.4. The fourth-order valence-corrected chi connectivity index (χ4v) is 4.78. The molecule has 0 unspecified atom stereocenters. The zero-order valence-electron chi connectivity index (χ0n) is 23.0. The van der Waals surface area contributed by atoms with Crippen molar-refractivity contribution in [2.75, 3.05) is 37.4 Å². The lowest BCUT2D eigenvalue weighted by Gasteiger charge is -2.28. The summed E-state index contributed by atoms with van der Waals surface area (Å²) in [4.78, 5) is 26.2. The van der Waals surface area contributed by atoms with Crippen molar-refractivity contribution in [2.45, 2.75) is 45.7 Å². The number of carbonyl (C=O) groups is 1. The van der Waals surface area contributed by atoms with Gasteiger partial charge in [0.15, 0.2) is 0 Å². The number of nitrogens with zero attached hydrogens (tertiary/aromatic N) is 5. The zero-order valence-corrected chi connectivity index (χ0v) is 23.0. The Labute approximate surface area is 228 Å². The molecule has 1 saturated heterocycles. The van der Waals surface area contributed by atoms with Crippen molar-refractivity contribution < 1.29 is 9.18 Å². The fraction of sp³-hybridized carbons (Fsp3) is 0.367. The SMILES string of the molecule is CC(C)N(C)C.O=C1NCc2c(-c3cnc4cc(F)ccn34)ccc(Nc3ccc(N4CCCCC4)cn3)c21. The predicted octanol–water partition coefficient (Wildman–Crippen LogP) is 5.47. The van der Waals surface area contributed by atoms with Crippen LogP contribution in [0.3, 0.4) is 0 Å². The highest BCUT2D eigenvalue weighted by Gasteiger charge is 2.27. The summed E-state index contributed by atoms with van der Waals surface area (Å²) >= 11 is 0. The molecule has 6 rings (SSSR count). The van der Waals surface area contributed by atoms with Crippen molar-refractivity contribution in [3.63, 3.8) is 0 Å². The van der Waals surface area contributed by atoms with Gasteiger partial charge in [0.05, 0.1) is 35.0 Å². The van der Waals surface area contributed by atoms with Gasteiger partial charge in [-0.15, -0.1) is 0 Å². The van der Waals surface area contributed by atoms with Gasteiger partial charge in [0, 0.05) is 43.5 Å². The topological polar surface area (TPSA) is 77.8 Å². The van der Waals surface area contributed by atoms with Gasteiger partial charge in [0.2, 0.25) is 0 Å². The van der Waals surface area contributed by atoms with Crippen LogP contribution in [0.5, 0.6) is 0 Å². The molecule has 0 aliphatic carbocycles. The van der Waals surface area contributed by atoms with E-state index in [4.69, 9.17) is 0 Å². The fourth-order valence-electron chi connectivity index (χ4n) is 4.78. The van der Waals surface area contributed by atoms with Crippen molar-refractivity contribution in [3.05, 3.63) is 71.9 Å². The van der Waals surface area contributed by atoms with Gasteiger partial charge in [0.25, 0.3) is 5.91 Å². The average Bonchev–Trinajstić information content (AvgIpc) is 3.54. The Balaban J connectivity index is 0.000000465. The number of aromatic nitrogens is 3. The summed E-state index contributed by atoms with van der Waals surface area (Å²) < 4.78 is 15.4. The van der Waals surface area contributed by atoms with E-state index in [9.17, 15) is 9.18 Å². The maximum Gasteiger partial charge on any atom is 0.254 e. The van der Waals surface area contributed by atoms with Crippen molar-refractivity contribution in [1.29, 1.82) is 0 Å². The Morgan fingerprint density at radius 3 is 2.49 bits per heavy atom. The summed E-state index contributed by atoms with van der Waals surface area (Å²) in [6.07, 6.45) is 8.98. The van der Waals surface area contributed by atoms with Crippen molar-refractivity contribution in [3.8, 4) is 11.3 Å². The van der Waals surface area contributed by atoms with E-state index in [-0.39, 0.29) is 11.7 Å². The van der Waals surface area contributed by atoms with Crippen LogP contribution in [-0.2, 0) is 6.54 Å². The second-order valence-electron chi connectivity index (χ2n) is 10.5. The molecule has 0 radical (unpaired) electrons. The van der Waals surface area contributed by atoms with Gasteiger partial charge in [-0.3, -0.25) is 9.20 Å². The van der Waals surface area contributed by atoms with Gasteiger partial charge in [-0.2, -0.15) is 0 Å². The predicted molar refractivity (Wildman–Crippen MR) is 154 cm³/mol. The summed E-state index contributed by atoms with van der Waals surface area (Å²) in [6.45, 7) is 6.90. The first-order chi connectivity index (χ1) is 18.8. The van der Waals surface area contributed by atoms with Crippen LogP contribution in [0.4, 0.5) is 21.6 Å². The number of piperidine rings is 1. The minimum atomic E-state index is -0.333. The van der Waals surface area contributed by atoms with E-state index in [2.05, 4.69) is 64.4 Å². The third kappa shape index (κ3) is 5.73. The van der Waals surface area contributed by atoms with Crippen molar-refractivity contribution in [2.24, 2.45) is 0 Å². The molecule has 2 N–H and O–H groups in total. The molecular weight excluding hydrogens is 493 g/mol. The first-order valence-electron chi connectivity index (χ1n) is 13.5. The van der Waals surface area contributed by atoms with Gasteiger partial charge in [-0.05, 0) is 77.0 Å². The lowest BCUT2D eigenvalue weighted by molar-refractivity contribution is 0.0966. The Hall–Kier alpha value is -3.98. The number of halogens is 1. The largest absolute Gasteiger partial charge is 0.370 e. The number of carbonyl (C=O) groups excluding carboxylic acids is 1. The number of hydrogen-bond donors (Lipinski definition) is 2. The standard InChI is InChI=1S/C25H23FN6O.C5H13N/c26-16-8-11-32-21(15-28-23(32)12-16)18-5-6-20(24-19(18)14-29-25(24)33)30-22-7-4-17(13-27-22)31-9-2-1-3-10-31;1-5(2)6(3)4/h4-8,11-13,15H,1-3,9-10,14H2,(H,27,30)(H,29,33);5H,1-4H3. The number of imidazole rings is 1. The highest BCUT2D eigenvalue weighted by molar-refractivity contribution is 6.06. The Morgan fingerprint density at radius 2 is 1.79 bits per heavy atom. The molecule has 2 aliphatic rings. The minimum Gasteiger partial charge on any atom is -0.370 e. The van der Waals surface area contributed by atoms with Crippen molar-refractivity contribution in [1.82, 2.24) is 24.6 Å². The molecule has 8 nitrogen and oxygen atoms in total. The van der Waals surface area contributed by atoms with Crippen LogP contribution < -0.4 is 15.5 Å². The molecule has 5 heterocycles. The lowest BCUT2D eigenvalue weighted by Crippen LogP contribution is -2.29. The first-order valence-corrected chi connectivity index (χ1v) is 13.5. The summed E-state index contributed by atoms with van der Waals surface area (Å²) in [6, 6.07) is 11.4. The number of hydrogen-bond acceptors (Lipinski definition) is 6. The van der Waals surface area contributed by atoms with Crippen LogP contribution in [0.25, 0.3) is 16.9 Å². The molecule has 3 aromatic heterocycles. The molecule has 2 aliphatic heterocycles. The molecule has 1 fully saturated rings. The smallest absolute Gasteiger partial charge is 0.254 e. The third-order valence-electron chi connectivity index (χ3n) is 7.48. The van der Waals surface area contributed by atoms with Crippen LogP contribution in [0.15, 0.2) is 55.0 Å². The maximum atomic E-state index is 13.6. The maximum absolute atomic E-state index is 13.6. The molecular formula is C30H36FN7O. The van der Waals surface area contributed by atoms with E-state index in [1.54, 1.807) is 12.4 Å². The van der Waals surface area contributed by atoms with E-state index in [0.717, 1.165) is 35.6 Å². The monoisotopic (exact) mass is 529 g/mol.